The Bertz CT molecular complexity index is 713. The third-order valence-corrected chi connectivity index (χ3v) is 4.86. The minimum Gasteiger partial charge on any atom is -0.491 e. The summed E-state index contributed by atoms with van der Waals surface area (Å²) >= 11 is 0. The first-order valence-electron chi connectivity index (χ1n) is 9.59. The van der Waals surface area contributed by atoms with Gasteiger partial charge in [-0.15, -0.1) is 0 Å². The van der Waals surface area contributed by atoms with E-state index in [4.69, 9.17) is 4.74 Å². The Hall–Kier alpha value is -2.76. The average molecular weight is 368 g/mol. The molecule has 0 bridgehead atoms. The van der Waals surface area contributed by atoms with E-state index in [1.54, 1.807) is 6.20 Å². The van der Waals surface area contributed by atoms with Crippen LogP contribution in [0.2, 0.25) is 0 Å². The number of hydrogen-bond acceptors (Lipinski definition) is 4. The van der Waals surface area contributed by atoms with E-state index in [-0.39, 0.29) is 12.1 Å². The lowest BCUT2D eigenvalue weighted by molar-refractivity contribution is 0.194. The molecular formula is C21H28N4O2. The molecule has 3 rings (SSSR count). The Kier molecular flexibility index (Phi) is 6.52. The summed E-state index contributed by atoms with van der Waals surface area (Å²) in [7, 11) is 0. The van der Waals surface area contributed by atoms with Crippen molar-refractivity contribution in [2.75, 3.05) is 31.1 Å². The van der Waals surface area contributed by atoms with Crippen LogP contribution in [0.5, 0.6) is 5.75 Å². The van der Waals surface area contributed by atoms with E-state index in [2.05, 4.69) is 35.1 Å². The Labute approximate surface area is 161 Å². The lowest BCUT2D eigenvalue weighted by atomic mass is 10.2. The van der Waals surface area contributed by atoms with Crippen molar-refractivity contribution in [2.24, 2.45) is 0 Å². The Morgan fingerprint density at radius 1 is 1.19 bits per heavy atom. The van der Waals surface area contributed by atoms with Gasteiger partial charge in [-0.2, -0.15) is 0 Å². The summed E-state index contributed by atoms with van der Waals surface area (Å²) in [6, 6.07) is 11.9. The highest BCUT2D eigenvalue weighted by atomic mass is 16.5. The molecule has 2 amide bonds. The molecule has 0 radical (unpaired) electrons. The number of aromatic nitrogens is 1. The lowest BCUT2D eigenvalue weighted by Crippen LogP contribution is -2.51. The summed E-state index contributed by atoms with van der Waals surface area (Å²) in [5, 5.41) is 3.01. The average Bonchev–Trinajstić information content (AvgIpc) is 2.73. The molecule has 6 nitrogen and oxygen atoms in total. The Morgan fingerprint density at radius 3 is 2.56 bits per heavy atom. The largest absolute Gasteiger partial charge is 0.491 e. The monoisotopic (exact) mass is 368 g/mol. The standard InChI is InChI=1S/C21H28N4O2/c1-3-17(2)27-20-8-6-18(7-9-20)15-23-21(26)25-13-11-24(12-14-25)19-5-4-10-22-16-19/h4-10,16-17H,3,11-15H2,1-2H3,(H,23,26)/t17-/m1/s1. The van der Waals surface area contributed by atoms with Crippen LogP contribution in [0, 0.1) is 0 Å². The molecule has 1 aromatic heterocycles. The summed E-state index contributed by atoms with van der Waals surface area (Å²) in [4.78, 5) is 20.7. The second-order valence-corrected chi connectivity index (χ2v) is 6.82. The molecule has 1 N–H and O–H groups in total. The first-order chi connectivity index (χ1) is 13.2. The molecule has 0 aliphatic carbocycles. The van der Waals surface area contributed by atoms with Gasteiger partial charge in [0.25, 0.3) is 0 Å². The normalized spacial score (nSPS) is 15.3. The zero-order valence-electron chi connectivity index (χ0n) is 16.1. The number of amides is 2. The van der Waals surface area contributed by atoms with E-state index >= 15 is 0 Å². The van der Waals surface area contributed by atoms with Crippen molar-refractivity contribution in [3.8, 4) is 5.75 Å². The van der Waals surface area contributed by atoms with Crippen molar-refractivity contribution in [3.05, 3.63) is 54.4 Å². The summed E-state index contributed by atoms with van der Waals surface area (Å²) in [6.07, 6.45) is 4.83. The van der Waals surface area contributed by atoms with Gasteiger partial charge in [-0.3, -0.25) is 4.98 Å². The first kappa shape index (κ1) is 19.0. The maximum absolute atomic E-state index is 12.4. The highest BCUT2D eigenvalue weighted by molar-refractivity contribution is 5.74. The maximum atomic E-state index is 12.4. The van der Waals surface area contributed by atoms with Crippen molar-refractivity contribution < 1.29 is 9.53 Å². The molecule has 144 valence electrons. The third kappa shape index (κ3) is 5.36. The van der Waals surface area contributed by atoms with Crippen molar-refractivity contribution in [2.45, 2.75) is 32.9 Å². The molecule has 27 heavy (non-hydrogen) atoms. The van der Waals surface area contributed by atoms with Gasteiger partial charge in [0.1, 0.15) is 5.75 Å². The number of nitrogens with zero attached hydrogens (tertiary/aromatic N) is 3. The molecule has 1 atom stereocenters. The Balaban J connectivity index is 1.43. The fraction of sp³-hybridized carbons (Fsp3) is 0.429. The van der Waals surface area contributed by atoms with Crippen LogP contribution in [0.3, 0.4) is 0 Å². The second-order valence-electron chi connectivity index (χ2n) is 6.82. The number of pyridine rings is 1. The molecule has 1 aliphatic heterocycles. The highest BCUT2D eigenvalue weighted by Crippen LogP contribution is 2.16. The van der Waals surface area contributed by atoms with Crippen LogP contribution < -0.4 is 15.0 Å². The predicted octanol–water partition coefficient (Wildman–Crippen LogP) is 3.29. The van der Waals surface area contributed by atoms with Gasteiger partial charge in [0.15, 0.2) is 0 Å². The zero-order valence-corrected chi connectivity index (χ0v) is 16.1. The van der Waals surface area contributed by atoms with Gasteiger partial charge in [0, 0.05) is 38.9 Å². The summed E-state index contributed by atoms with van der Waals surface area (Å²) in [5.74, 6) is 0.867. The van der Waals surface area contributed by atoms with Gasteiger partial charge in [-0.1, -0.05) is 19.1 Å². The topological polar surface area (TPSA) is 57.7 Å². The van der Waals surface area contributed by atoms with Crippen LogP contribution in [-0.4, -0.2) is 48.2 Å². The molecular weight excluding hydrogens is 340 g/mol. The number of nitrogens with one attached hydrogen (secondary N) is 1. The van der Waals surface area contributed by atoms with Gasteiger partial charge in [-0.25, -0.2) is 4.79 Å². The van der Waals surface area contributed by atoms with Gasteiger partial charge < -0.3 is 19.9 Å². The second kappa shape index (κ2) is 9.26. The number of carbonyl (C=O) groups is 1. The minimum atomic E-state index is -0.0132. The lowest BCUT2D eigenvalue weighted by Gasteiger charge is -2.35. The van der Waals surface area contributed by atoms with Crippen molar-refractivity contribution >= 4 is 11.7 Å². The molecule has 1 aliphatic rings. The summed E-state index contributed by atoms with van der Waals surface area (Å²) in [6.45, 7) is 7.74. The van der Waals surface area contributed by atoms with E-state index in [1.807, 2.05) is 41.4 Å². The van der Waals surface area contributed by atoms with Gasteiger partial charge in [-0.05, 0) is 43.2 Å². The van der Waals surface area contributed by atoms with Gasteiger partial charge in [0.05, 0.1) is 18.0 Å². The number of urea groups is 1. The number of carbonyl (C=O) groups excluding carboxylic acids is 1. The van der Waals surface area contributed by atoms with E-state index < -0.39 is 0 Å². The van der Waals surface area contributed by atoms with Gasteiger partial charge >= 0.3 is 6.03 Å². The molecule has 1 aromatic carbocycles. The molecule has 2 aromatic rings. The van der Waals surface area contributed by atoms with Crippen LogP contribution in [-0.2, 0) is 6.54 Å². The highest BCUT2D eigenvalue weighted by Gasteiger charge is 2.21. The zero-order chi connectivity index (χ0) is 19.1. The van der Waals surface area contributed by atoms with Crippen LogP contribution in [0.25, 0.3) is 0 Å². The summed E-state index contributed by atoms with van der Waals surface area (Å²) < 4.78 is 5.78. The molecule has 6 heteroatoms. The number of ether oxygens (including phenoxy) is 1. The molecule has 2 heterocycles. The maximum Gasteiger partial charge on any atom is 0.317 e. The number of benzene rings is 1. The molecule has 1 saturated heterocycles. The van der Waals surface area contributed by atoms with Gasteiger partial charge in [0.2, 0.25) is 0 Å². The SMILES string of the molecule is CC[C@@H](C)Oc1ccc(CNC(=O)N2CCN(c3cccnc3)CC2)cc1. The summed E-state index contributed by atoms with van der Waals surface area (Å²) in [5.41, 5.74) is 2.17. The van der Waals surface area contributed by atoms with Crippen LogP contribution >= 0.6 is 0 Å². The van der Waals surface area contributed by atoms with Crippen LogP contribution in [0.1, 0.15) is 25.8 Å². The van der Waals surface area contributed by atoms with Crippen molar-refractivity contribution in [1.29, 1.82) is 0 Å². The molecule has 1 fully saturated rings. The number of hydrogen-bond donors (Lipinski definition) is 1. The molecule has 0 unspecified atom stereocenters. The van der Waals surface area contributed by atoms with E-state index in [9.17, 15) is 4.79 Å². The smallest absolute Gasteiger partial charge is 0.317 e. The number of piperazine rings is 1. The van der Waals surface area contributed by atoms with Crippen molar-refractivity contribution in [1.82, 2.24) is 15.2 Å². The fourth-order valence-corrected chi connectivity index (χ4v) is 3.00. The van der Waals surface area contributed by atoms with Crippen LogP contribution in [0.15, 0.2) is 48.8 Å². The van der Waals surface area contributed by atoms with E-state index in [0.717, 1.165) is 36.5 Å². The number of anilines is 1. The quantitative estimate of drug-likeness (QED) is 0.850. The fourth-order valence-electron chi connectivity index (χ4n) is 3.00. The number of rotatable bonds is 6. The third-order valence-electron chi connectivity index (χ3n) is 4.86. The van der Waals surface area contributed by atoms with Crippen molar-refractivity contribution in [3.63, 3.8) is 0 Å². The predicted molar refractivity (Wildman–Crippen MR) is 107 cm³/mol. The molecule has 0 saturated carbocycles. The Morgan fingerprint density at radius 2 is 1.93 bits per heavy atom. The van der Waals surface area contributed by atoms with E-state index in [1.165, 1.54) is 0 Å². The van der Waals surface area contributed by atoms with E-state index in [0.29, 0.717) is 19.6 Å². The van der Waals surface area contributed by atoms with Crippen LogP contribution in [0.4, 0.5) is 10.5 Å². The minimum absolute atomic E-state index is 0.0132. The first-order valence-corrected chi connectivity index (χ1v) is 9.59. The molecule has 0 spiro atoms.